The van der Waals surface area contributed by atoms with Gasteiger partial charge in [0, 0.05) is 19.3 Å². The molecule has 0 saturated carbocycles. The van der Waals surface area contributed by atoms with E-state index in [1.807, 2.05) is 0 Å². The SMILES string of the molecule is CC/C=C\C/C=C\C/C=C\C/C=C\CCCCCCCCC(=O)OC(COC(=O)CCCCCCCCCC)COC(=O)CCCCCCCCCCCCCCCCC/C=C\C/C=C\CCCCCCC. The number of carbonyl (C=O) groups is 3. The lowest BCUT2D eigenvalue weighted by Crippen LogP contribution is -2.30. The van der Waals surface area contributed by atoms with Crippen molar-refractivity contribution < 1.29 is 28.6 Å². The summed E-state index contributed by atoms with van der Waals surface area (Å²) in [6.07, 6.45) is 77.8. The van der Waals surface area contributed by atoms with Crippen LogP contribution >= 0.6 is 0 Å². The highest BCUT2D eigenvalue weighted by molar-refractivity contribution is 5.71. The number of carbonyl (C=O) groups excluding carboxylic acids is 3. The monoisotopic (exact) mass is 1000 g/mol. The lowest BCUT2D eigenvalue weighted by Gasteiger charge is -2.18. The molecular weight excluding hydrogens is 889 g/mol. The summed E-state index contributed by atoms with van der Waals surface area (Å²) in [6, 6.07) is 0. The zero-order chi connectivity index (χ0) is 52.2. The van der Waals surface area contributed by atoms with Crippen molar-refractivity contribution in [2.75, 3.05) is 13.2 Å². The molecule has 1 unspecified atom stereocenters. The second-order valence-electron chi connectivity index (χ2n) is 20.6. The first-order chi connectivity index (χ1) is 35.5. The Balaban J connectivity index is 4.16. The average Bonchev–Trinajstić information content (AvgIpc) is 3.38. The summed E-state index contributed by atoms with van der Waals surface area (Å²) in [6.45, 7) is 6.50. The summed E-state index contributed by atoms with van der Waals surface area (Å²) in [5.74, 6) is -0.886. The van der Waals surface area contributed by atoms with Crippen LogP contribution in [0.5, 0.6) is 0 Å². The first kappa shape index (κ1) is 68.8. The summed E-state index contributed by atoms with van der Waals surface area (Å²) in [7, 11) is 0. The van der Waals surface area contributed by atoms with Gasteiger partial charge in [-0.1, -0.05) is 273 Å². The highest BCUT2D eigenvalue weighted by Gasteiger charge is 2.19. The van der Waals surface area contributed by atoms with Crippen molar-refractivity contribution in [3.63, 3.8) is 0 Å². The molecule has 0 radical (unpaired) electrons. The summed E-state index contributed by atoms with van der Waals surface area (Å²) in [5, 5.41) is 0. The van der Waals surface area contributed by atoms with Crippen LogP contribution in [-0.4, -0.2) is 37.2 Å². The largest absolute Gasteiger partial charge is 0.462 e. The molecule has 0 bridgehead atoms. The molecule has 0 aliphatic rings. The number of rotatable bonds is 56. The van der Waals surface area contributed by atoms with E-state index in [4.69, 9.17) is 14.2 Å². The number of hydrogen-bond donors (Lipinski definition) is 0. The average molecular weight is 1010 g/mol. The van der Waals surface area contributed by atoms with Gasteiger partial charge in [-0.25, -0.2) is 0 Å². The highest BCUT2D eigenvalue weighted by Crippen LogP contribution is 2.16. The summed E-state index contributed by atoms with van der Waals surface area (Å²) >= 11 is 0. The molecule has 0 amide bonds. The molecule has 0 spiro atoms. The molecule has 0 aromatic rings. The van der Waals surface area contributed by atoms with Gasteiger partial charge in [0.1, 0.15) is 13.2 Å². The first-order valence-corrected chi connectivity index (χ1v) is 30.9. The van der Waals surface area contributed by atoms with Crippen molar-refractivity contribution in [1.29, 1.82) is 0 Å². The second kappa shape index (κ2) is 60.4. The van der Waals surface area contributed by atoms with Gasteiger partial charge >= 0.3 is 17.9 Å². The van der Waals surface area contributed by atoms with Crippen LogP contribution in [0, 0.1) is 0 Å². The molecule has 0 aliphatic heterocycles. The number of unbranched alkanes of at least 4 members (excludes halogenated alkanes) is 33. The smallest absolute Gasteiger partial charge is 0.306 e. The molecule has 0 fully saturated rings. The number of esters is 3. The van der Waals surface area contributed by atoms with Gasteiger partial charge in [0.05, 0.1) is 0 Å². The fourth-order valence-electron chi connectivity index (χ4n) is 8.82. The minimum atomic E-state index is -0.780. The van der Waals surface area contributed by atoms with Crippen LogP contribution in [0.25, 0.3) is 0 Å². The fraction of sp³-hybridized carbons (Fsp3) is 0.773. The number of ether oxygens (including phenoxy) is 3. The normalized spacial score (nSPS) is 12.5. The Kier molecular flexibility index (Phi) is 57.8. The topological polar surface area (TPSA) is 78.9 Å². The second-order valence-corrected chi connectivity index (χ2v) is 20.6. The van der Waals surface area contributed by atoms with E-state index in [1.54, 1.807) is 0 Å². The lowest BCUT2D eigenvalue weighted by atomic mass is 10.0. The Labute approximate surface area is 446 Å². The van der Waals surface area contributed by atoms with E-state index < -0.39 is 6.10 Å². The van der Waals surface area contributed by atoms with E-state index >= 15 is 0 Å². The minimum Gasteiger partial charge on any atom is -0.462 e. The molecule has 6 nitrogen and oxygen atoms in total. The van der Waals surface area contributed by atoms with E-state index in [2.05, 4.69) is 93.7 Å². The summed E-state index contributed by atoms with van der Waals surface area (Å²) < 4.78 is 16.8. The predicted molar refractivity (Wildman–Crippen MR) is 311 cm³/mol. The quantitative estimate of drug-likeness (QED) is 0.0261. The molecule has 72 heavy (non-hydrogen) atoms. The van der Waals surface area contributed by atoms with Crippen molar-refractivity contribution in [2.45, 2.75) is 316 Å². The van der Waals surface area contributed by atoms with Gasteiger partial charge in [-0.15, -0.1) is 0 Å². The molecule has 0 aromatic heterocycles. The van der Waals surface area contributed by atoms with Gasteiger partial charge in [0.25, 0.3) is 0 Å². The molecule has 0 saturated heterocycles. The molecule has 0 heterocycles. The van der Waals surface area contributed by atoms with E-state index in [0.717, 1.165) is 103 Å². The highest BCUT2D eigenvalue weighted by atomic mass is 16.6. The van der Waals surface area contributed by atoms with Crippen LogP contribution in [0.1, 0.15) is 310 Å². The van der Waals surface area contributed by atoms with Crippen LogP contribution in [0.4, 0.5) is 0 Å². The molecule has 1 atom stereocenters. The third kappa shape index (κ3) is 57.7. The van der Waals surface area contributed by atoms with Gasteiger partial charge in [-0.05, 0) is 89.9 Å². The lowest BCUT2D eigenvalue weighted by molar-refractivity contribution is -0.167. The van der Waals surface area contributed by atoms with Crippen molar-refractivity contribution in [1.82, 2.24) is 0 Å². The maximum absolute atomic E-state index is 12.8. The van der Waals surface area contributed by atoms with Crippen molar-refractivity contribution >= 4 is 17.9 Å². The van der Waals surface area contributed by atoms with Gasteiger partial charge in [0.15, 0.2) is 6.10 Å². The molecule has 416 valence electrons. The van der Waals surface area contributed by atoms with Crippen LogP contribution < -0.4 is 0 Å². The van der Waals surface area contributed by atoms with E-state index in [0.29, 0.717) is 19.3 Å². The zero-order valence-electron chi connectivity index (χ0n) is 47.7. The zero-order valence-corrected chi connectivity index (χ0v) is 47.7. The standard InChI is InChI=1S/C66H116O6/c1-4-7-10-13-16-19-21-23-25-27-29-30-31-32-33-34-35-36-38-39-41-43-45-47-50-53-56-59-65(68)71-62-63(61-70-64(67)58-55-52-49-18-15-12-9-6-3)72-66(69)60-57-54-51-48-46-44-42-40-37-28-26-24-22-20-17-14-11-8-5-2/h8,11,17,20-21,23-24,26-27,29,37,40,63H,4-7,9-10,12-16,18-19,22,25,28,30-36,38-39,41-62H2,1-3H3/b11-8-,20-17-,23-21-,26-24-,29-27-,40-37-. The molecule has 0 rings (SSSR count). The van der Waals surface area contributed by atoms with Crippen molar-refractivity contribution in [2.24, 2.45) is 0 Å². The van der Waals surface area contributed by atoms with Crippen LogP contribution in [-0.2, 0) is 28.6 Å². The van der Waals surface area contributed by atoms with Gasteiger partial charge in [-0.2, -0.15) is 0 Å². The first-order valence-electron chi connectivity index (χ1n) is 30.9. The Morgan fingerprint density at radius 3 is 0.847 bits per heavy atom. The summed E-state index contributed by atoms with van der Waals surface area (Å²) in [5.41, 5.74) is 0. The maximum Gasteiger partial charge on any atom is 0.306 e. The van der Waals surface area contributed by atoms with E-state index in [1.165, 1.54) is 167 Å². The van der Waals surface area contributed by atoms with Crippen LogP contribution in [0.15, 0.2) is 72.9 Å². The number of hydrogen-bond acceptors (Lipinski definition) is 6. The van der Waals surface area contributed by atoms with E-state index in [-0.39, 0.29) is 31.1 Å². The predicted octanol–water partition coefficient (Wildman–Crippen LogP) is 20.9. The molecular formula is C66H116O6. The Hall–Kier alpha value is -3.15. The van der Waals surface area contributed by atoms with E-state index in [9.17, 15) is 14.4 Å². The van der Waals surface area contributed by atoms with Gasteiger partial charge in [0.2, 0.25) is 0 Å². The molecule has 0 aliphatic carbocycles. The maximum atomic E-state index is 12.8. The van der Waals surface area contributed by atoms with Gasteiger partial charge < -0.3 is 14.2 Å². The summed E-state index contributed by atoms with van der Waals surface area (Å²) in [4.78, 5) is 38.1. The minimum absolute atomic E-state index is 0.0788. The van der Waals surface area contributed by atoms with Crippen molar-refractivity contribution in [3.05, 3.63) is 72.9 Å². The number of allylic oxidation sites excluding steroid dienone is 12. The Morgan fingerprint density at radius 1 is 0.292 bits per heavy atom. The van der Waals surface area contributed by atoms with Crippen molar-refractivity contribution in [3.8, 4) is 0 Å². The Morgan fingerprint density at radius 2 is 0.542 bits per heavy atom. The molecule has 0 N–H and O–H groups in total. The Bertz CT molecular complexity index is 1340. The van der Waals surface area contributed by atoms with Gasteiger partial charge in [-0.3, -0.25) is 14.4 Å². The van der Waals surface area contributed by atoms with Crippen LogP contribution in [0.3, 0.4) is 0 Å². The fourth-order valence-corrected chi connectivity index (χ4v) is 8.82. The third-order valence-electron chi connectivity index (χ3n) is 13.4. The third-order valence-corrected chi connectivity index (χ3v) is 13.4. The van der Waals surface area contributed by atoms with Crippen LogP contribution in [0.2, 0.25) is 0 Å². The molecule has 6 heteroatoms. The molecule has 0 aromatic carbocycles.